The zero-order valence-electron chi connectivity index (χ0n) is 14.0. The first-order valence-corrected chi connectivity index (χ1v) is 8.72. The molecule has 124 valence electrons. The van der Waals surface area contributed by atoms with Gasteiger partial charge in [-0.2, -0.15) is 10.4 Å². The number of aromatic nitrogens is 3. The van der Waals surface area contributed by atoms with E-state index >= 15 is 0 Å². The summed E-state index contributed by atoms with van der Waals surface area (Å²) < 4.78 is 1.69. The molecule has 2 aromatic rings. The third-order valence-electron chi connectivity index (χ3n) is 4.07. The van der Waals surface area contributed by atoms with Gasteiger partial charge >= 0.3 is 0 Å². The van der Waals surface area contributed by atoms with Crippen molar-refractivity contribution >= 4 is 23.4 Å². The Morgan fingerprint density at radius 1 is 1.42 bits per heavy atom. The summed E-state index contributed by atoms with van der Waals surface area (Å²) in [6.07, 6.45) is 5.27. The zero-order chi connectivity index (χ0) is 17.3. The first-order valence-electron chi connectivity index (χ1n) is 7.84. The molecule has 0 radical (unpaired) electrons. The van der Waals surface area contributed by atoms with Gasteiger partial charge in [0, 0.05) is 25.5 Å². The van der Waals surface area contributed by atoms with Crippen molar-refractivity contribution in [3.63, 3.8) is 0 Å². The number of thioether (sulfide) groups is 1. The lowest BCUT2D eigenvalue weighted by atomic mass is 10.1. The van der Waals surface area contributed by atoms with Crippen LogP contribution >= 0.6 is 11.8 Å². The number of anilines is 1. The molecule has 7 heteroatoms. The average molecular weight is 341 g/mol. The highest BCUT2D eigenvalue weighted by Crippen LogP contribution is 2.34. The number of amides is 1. The van der Waals surface area contributed by atoms with Crippen LogP contribution in [0.15, 0.2) is 23.5 Å². The van der Waals surface area contributed by atoms with E-state index in [1.54, 1.807) is 15.8 Å². The van der Waals surface area contributed by atoms with Gasteiger partial charge in [0.05, 0.1) is 22.7 Å². The van der Waals surface area contributed by atoms with E-state index in [0.717, 1.165) is 29.8 Å². The van der Waals surface area contributed by atoms with E-state index in [-0.39, 0.29) is 11.2 Å². The lowest BCUT2D eigenvalue weighted by Crippen LogP contribution is -2.42. The summed E-state index contributed by atoms with van der Waals surface area (Å²) in [6, 6.07) is 4.12. The molecule has 0 spiro atoms. The Bertz CT molecular complexity index is 823. The van der Waals surface area contributed by atoms with Crippen LogP contribution in [-0.2, 0) is 11.8 Å². The highest BCUT2D eigenvalue weighted by molar-refractivity contribution is 8.00. The Kier molecular flexibility index (Phi) is 4.58. The number of nitriles is 1. The van der Waals surface area contributed by atoms with Gasteiger partial charge in [0.1, 0.15) is 11.1 Å². The SMILES string of the molecule is Cc1cc(C)c(C#N)c(S[C@H]2CCCN(c3cnn(C)c3)C2=O)n1. The van der Waals surface area contributed by atoms with E-state index in [2.05, 4.69) is 16.2 Å². The van der Waals surface area contributed by atoms with Crippen LogP contribution in [-0.4, -0.2) is 32.5 Å². The predicted octanol–water partition coefficient (Wildman–Crippen LogP) is 2.59. The van der Waals surface area contributed by atoms with Crippen molar-refractivity contribution in [3.05, 3.63) is 35.3 Å². The molecule has 24 heavy (non-hydrogen) atoms. The molecule has 1 aliphatic rings. The number of rotatable bonds is 3. The van der Waals surface area contributed by atoms with Crippen molar-refractivity contribution in [1.29, 1.82) is 5.26 Å². The summed E-state index contributed by atoms with van der Waals surface area (Å²) in [5.41, 5.74) is 3.15. The van der Waals surface area contributed by atoms with Crippen molar-refractivity contribution in [2.24, 2.45) is 7.05 Å². The fourth-order valence-corrected chi connectivity index (χ4v) is 4.22. The number of hydrogen-bond donors (Lipinski definition) is 0. The van der Waals surface area contributed by atoms with Crippen LogP contribution in [0.4, 0.5) is 5.69 Å². The topological polar surface area (TPSA) is 74.8 Å². The van der Waals surface area contributed by atoms with Gasteiger partial charge in [-0.15, -0.1) is 0 Å². The summed E-state index contributed by atoms with van der Waals surface area (Å²) in [5.74, 6) is 0.0594. The van der Waals surface area contributed by atoms with Crippen molar-refractivity contribution in [2.75, 3.05) is 11.4 Å². The Morgan fingerprint density at radius 2 is 2.21 bits per heavy atom. The normalized spacial score (nSPS) is 17.8. The first-order chi connectivity index (χ1) is 11.5. The maximum atomic E-state index is 12.9. The smallest absolute Gasteiger partial charge is 0.240 e. The number of aryl methyl sites for hydroxylation is 3. The second kappa shape index (κ2) is 6.65. The van der Waals surface area contributed by atoms with Crippen LogP contribution in [0.1, 0.15) is 29.7 Å². The van der Waals surface area contributed by atoms with E-state index in [1.165, 1.54) is 11.8 Å². The molecule has 0 N–H and O–H groups in total. The number of carbonyl (C=O) groups is 1. The molecular formula is C17H19N5OS. The molecule has 1 fully saturated rings. The van der Waals surface area contributed by atoms with E-state index in [4.69, 9.17) is 0 Å². The third-order valence-corrected chi connectivity index (χ3v) is 5.31. The third kappa shape index (κ3) is 3.15. The van der Waals surface area contributed by atoms with Gasteiger partial charge in [-0.25, -0.2) is 4.98 Å². The summed E-state index contributed by atoms with van der Waals surface area (Å²) in [4.78, 5) is 19.1. The zero-order valence-corrected chi connectivity index (χ0v) is 14.8. The van der Waals surface area contributed by atoms with Crippen LogP contribution in [0.3, 0.4) is 0 Å². The molecule has 0 aliphatic carbocycles. The molecule has 0 saturated carbocycles. The average Bonchev–Trinajstić information content (AvgIpc) is 2.95. The quantitative estimate of drug-likeness (QED) is 0.858. The molecule has 2 aromatic heterocycles. The second-order valence-corrected chi connectivity index (χ2v) is 7.17. The van der Waals surface area contributed by atoms with Crippen LogP contribution in [0, 0.1) is 25.2 Å². The van der Waals surface area contributed by atoms with E-state index < -0.39 is 0 Å². The fourth-order valence-electron chi connectivity index (χ4n) is 2.91. The number of pyridine rings is 1. The lowest BCUT2D eigenvalue weighted by Gasteiger charge is -2.31. The summed E-state index contributed by atoms with van der Waals surface area (Å²) in [7, 11) is 1.84. The van der Waals surface area contributed by atoms with E-state index in [0.29, 0.717) is 17.1 Å². The molecule has 3 rings (SSSR count). The monoisotopic (exact) mass is 341 g/mol. The van der Waals surface area contributed by atoms with Gasteiger partial charge in [-0.1, -0.05) is 11.8 Å². The second-order valence-electron chi connectivity index (χ2n) is 5.98. The molecule has 1 atom stereocenters. The van der Waals surface area contributed by atoms with Crippen molar-refractivity contribution in [1.82, 2.24) is 14.8 Å². The number of nitrogens with zero attached hydrogens (tertiary/aromatic N) is 5. The highest BCUT2D eigenvalue weighted by Gasteiger charge is 2.32. The summed E-state index contributed by atoms with van der Waals surface area (Å²) in [5, 5.41) is 14.0. The van der Waals surface area contributed by atoms with Gasteiger partial charge in [-0.05, 0) is 38.3 Å². The minimum absolute atomic E-state index is 0.0594. The van der Waals surface area contributed by atoms with Crippen molar-refractivity contribution in [2.45, 2.75) is 37.0 Å². The number of piperidine rings is 1. The first kappa shape index (κ1) is 16.5. The van der Waals surface area contributed by atoms with Crippen LogP contribution in [0.2, 0.25) is 0 Å². The minimum atomic E-state index is -0.222. The standard InChI is InChI=1S/C17H19N5OS/c1-11-7-12(2)20-16(14(11)8-18)24-15-5-4-6-22(17(15)23)13-9-19-21(3)10-13/h7,9-10,15H,4-6H2,1-3H3/t15-/m0/s1. The van der Waals surface area contributed by atoms with E-state index in [1.807, 2.05) is 33.2 Å². The minimum Gasteiger partial charge on any atom is -0.309 e. The van der Waals surface area contributed by atoms with Crippen molar-refractivity contribution in [3.8, 4) is 6.07 Å². The molecule has 1 amide bonds. The van der Waals surface area contributed by atoms with Gasteiger partial charge in [0.25, 0.3) is 0 Å². The maximum absolute atomic E-state index is 12.9. The van der Waals surface area contributed by atoms with Gasteiger partial charge < -0.3 is 4.90 Å². The van der Waals surface area contributed by atoms with Gasteiger partial charge in [-0.3, -0.25) is 9.48 Å². The van der Waals surface area contributed by atoms with Gasteiger partial charge in [0.2, 0.25) is 5.91 Å². The molecule has 1 aliphatic heterocycles. The fraction of sp³-hybridized carbons (Fsp3) is 0.412. The molecule has 0 aromatic carbocycles. The lowest BCUT2D eigenvalue weighted by molar-refractivity contribution is -0.119. The maximum Gasteiger partial charge on any atom is 0.240 e. The van der Waals surface area contributed by atoms with E-state index in [9.17, 15) is 10.1 Å². The van der Waals surface area contributed by atoms with Crippen molar-refractivity contribution < 1.29 is 4.79 Å². The largest absolute Gasteiger partial charge is 0.309 e. The van der Waals surface area contributed by atoms with Crippen LogP contribution < -0.4 is 4.90 Å². The molecular weight excluding hydrogens is 322 g/mol. The number of carbonyl (C=O) groups excluding carboxylic acids is 1. The Labute approximate surface area is 145 Å². The van der Waals surface area contributed by atoms with Crippen LogP contribution in [0.5, 0.6) is 0 Å². The molecule has 6 nitrogen and oxygen atoms in total. The Morgan fingerprint density at radius 3 is 2.88 bits per heavy atom. The Hall–Kier alpha value is -2.33. The van der Waals surface area contributed by atoms with Crippen LogP contribution in [0.25, 0.3) is 0 Å². The highest BCUT2D eigenvalue weighted by atomic mass is 32.2. The summed E-state index contributed by atoms with van der Waals surface area (Å²) >= 11 is 1.41. The Balaban J connectivity index is 1.86. The predicted molar refractivity (Wildman–Crippen MR) is 92.9 cm³/mol. The molecule has 1 saturated heterocycles. The molecule has 0 unspecified atom stereocenters. The number of hydrogen-bond acceptors (Lipinski definition) is 5. The molecule has 0 bridgehead atoms. The van der Waals surface area contributed by atoms with Gasteiger partial charge in [0.15, 0.2) is 0 Å². The molecule has 3 heterocycles. The summed E-state index contributed by atoms with van der Waals surface area (Å²) in [6.45, 7) is 4.51.